The van der Waals surface area contributed by atoms with E-state index in [1.165, 1.54) is 10.6 Å². The van der Waals surface area contributed by atoms with Gasteiger partial charge in [0.1, 0.15) is 34.5 Å². The third-order valence-electron chi connectivity index (χ3n) is 5.35. The van der Waals surface area contributed by atoms with Crippen LogP contribution in [0, 0.1) is 0 Å². The molecule has 2 aromatic carbocycles. The van der Waals surface area contributed by atoms with Crippen LogP contribution in [0.15, 0.2) is 53.4 Å². The van der Waals surface area contributed by atoms with Crippen LogP contribution in [-0.2, 0) is 10.0 Å². The Hall–Kier alpha value is -4.10. The summed E-state index contributed by atoms with van der Waals surface area (Å²) in [5.74, 6) is 2.64. The fourth-order valence-electron chi connectivity index (χ4n) is 3.64. The topological polar surface area (TPSA) is 135 Å². The molecule has 0 aliphatic rings. The van der Waals surface area contributed by atoms with Crippen molar-refractivity contribution in [1.29, 1.82) is 0 Å². The lowest BCUT2D eigenvalue weighted by molar-refractivity contribution is 0.305. The summed E-state index contributed by atoms with van der Waals surface area (Å²) in [6.07, 6.45) is 0. The number of aromatic nitrogens is 4. The average molecular weight is 544 g/mol. The fraction of sp³-hybridized carbons (Fsp3) is 0.320. The van der Waals surface area contributed by atoms with Crippen molar-refractivity contribution in [3.05, 3.63) is 48.5 Å². The second-order valence-electron chi connectivity index (χ2n) is 7.75. The number of nitrogens with one attached hydrogen (secondary N) is 1. The summed E-state index contributed by atoms with van der Waals surface area (Å²) in [6.45, 7) is 4.42. The smallest absolute Gasteiger partial charge is 0.244 e. The number of hydrogen-bond donors (Lipinski definition) is 1. The highest BCUT2D eigenvalue weighted by molar-refractivity contribution is 7.89. The van der Waals surface area contributed by atoms with Gasteiger partial charge in [-0.05, 0) is 44.2 Å². The van der Waals surface area contributed by atoms with Gasteiger partial charge in [-0.15, -0.1) is 15.3 Å². The van der Waals surface area contributed by atoms with Crippen molar-refractivity contribution >= 4 is 15.7 Å². The van der Waals surface area contributed by atoms with E-state index in [0.29, 0.717) is 47.5 Å². The lowest BCUT2D eigenvalue weighted by Gasteiger charge is -2.14. The van der Waals surface area contributed by atoms with Gasteiger partial charge < -0.3 is 23.7 Å². The Bertz CT molecular complexity index is 1510. The number of nitrogens with zero attached hydrogens (tertiary/aromatic N) is 4. The highest BCUT2D eigenvalue weighted by atomic mass is 32.2. The first-order valence-corrected chi connectivity index (χ1v) is 13.4. The molecule has 0 aliphatic carbocycles. The number of sulfonamides is 1. The summed E-state index contributed by atoms with van der Waals surface area (Å²) in [5.41, 5.74) is 1.17. The van der Waals surface area contributed by atoms with Crippen LogP contribution in [0.1, 0.15) is 13.8 Å². The maximum atomic E-state index is 12.9. The van der Waals surface area contributed by atoms with Gasteiger partial charge in [0.05, 0.1) is 33.0 Å². The molecule has 2 heterocycles. The van der Waals surface area contributed by atoms with E-state index >= 15 is 0 Å². The molecule has 0 unspecified atom stereocenters. The molecule has 0 amide bonds. The Morgan fingerprint density at radius 1 is 0.842 bits per heavy atom. The zero-order valence-corrected chi connectivity index (χ0v) is 22.3. The van der Waals surface area contributed by atoms with Crippen LogP contribution in [0.4, 0.5) is 0 Å². The number of ether oxygens (including phenoxy) is 5. The molecular weight excluding hydrogens is 514 g/mol. The third-order valence-corrected chi connectivity index (χ3v) is 6.85. The molecule has 2 aromatic heterocycles. The largest absolute Gasteiger partial charge is 0.497 e. The molecule has 0 saturated carbocycles. The molecular formula is C25H29N5O7S. The van der Waals surface area contributed by atoms with Crippen LogP contribution in [0.5, 0.6) is 28.9 Å². The first-order valence-electron chi connectivity index (χ1n) is 11.9. The van der Waals surface area contributed by atoms with Crippen molar-refractivity contribution in [3.8, 4) is 40.3 Å². The normalized spacial score (nSPS) is 11.4. The molecule has 0 radical (unpaired) electrons. The monoisotopic (exact) mass is 543 g/mol. The second-order valence-corrected chi connectivity index (χ2v) is 9.49. The van der Waals surface area contributed by atoms with Gasteiger partial charge in [-0.25, -0.2) is 13.1 Å². The van der Waals surface area contributed by atoms with Crippen molar-refractivity contribution < 1.29 is 32.1 Å². The Morgan fingerprint density at radius 3 is 2.34 bits per heavy atom. The van der Waals surface area contributed by atoms with Crippen LogP contribution < -0.4 is 28.4 Å². The Morgan fingerprint density at radius 2 is 1.61 bits per heavy atom. The van der Waals surface area contributed by atoms with Crippen molar-refractivity contribution in [2.75, 3.05) is 40.6 Å². The van der Waals surface area contributed by atoms with Crippen LogP contribution in [0.25, 0.3) is 17.0 Å². The zero-order valence-electron chi connectivity index (χ0n) is 21.5. The van der Waals surface area contributed by atoms with Gasteiger partial charge in [-0.1, -0.05) is 0 Å². The second kappa shape index (κ2) is 12.0. The van der Waals surface area contributed by atoms with E-state index < -0.39 is 10.0 Å². The third kappa shape index (κ3) is 5.89. The quantitative estimate of drug-likeness (QED) is 0.251. The molecule has 0 saturated heterocycles. The van der Waals surface area contributed by atoms with Crippen molar-refractivity contribution in [1.82, 2.24) is 24.5 Å². The van der Waals surface area contributed by atoms with Crippen LogP contribution >= 0.6 is 0 Å². The summed E-state index contributed by atoms with van der Waals surface area (Å²) < 4.78 is 57.3. The summed E-state index contributed by atoms with van der Waals surface area (Å²) in [7, 11) is -0.739. The average Bonchev–Trinajstić information content (AvgIpc) is 3.34. The summed E-state index contributed by atoms with van der Waals surface area (Å²) in [5, 5.41) is 12.8. The summed E-state index contributed by atoms with van der Waals surface area (Å²) in [4.78, 5) is 0.0184. The highest BCUT2D eigenvalue weighted by Gasteiger charge is 2.21. The van der Waals surface area contributed by atoms with E-state index in [-0.39, 0.29) is 29.7 Å². The Kier molecular flexibility index (Phi) is 8.48. The molecule has 202 valence electrons. The van der Waals surface area contributed by atoms with E-state index in [2.05, 4.69) is 20.0 Å². The molecule has 0 fully saturated rings. The lowest BCUT2D eigenvalue weighted by atomic mass is 10.2. The van der Waals surface area contributed by atoms with E-state index in [0.717, 1.165) is 0 Å². The molecule has 12 nitrogen and oxygen atoms in total. The van der Waals surface area contributed by atoms with Crippen molar-refractivity contribution in [2.24, 2.45) is 0 Å². The van der Waals surface area contributed by atoms with Gasteiger partial charge in [-0.2, -0.15) is 4.52 Å². The van der Waals surface area contributed by atoms with Gasteiger partial charge in [0, 0.05) is 24.7 Å². The maximum Gasteiger partial charge on any atom is 0.244 e. The SMILES string of the molecule is CCOc1ccc(S(=O)(=O)NCCOc2ccc3nnc(-c4ccc(OC)cc4OC)n3n2)c(OCC)c1. The molecule has 0 bridgehead atoms. The van der Waals surface area contributed by atoms with Gasteiger partial charge in [0.2, 0.25) is 15.9 Å². The summed E-state index contributed by atoms with van der Waals surface area (Å²) >= 11 is 0. The number of hydrogen-bond acceptors (Lipinski definition) is 10. The Labute approximate surface area is 220 Å². The van der Waals surface area contributed by atoms with E-state index in [1.54, 1.807) is 63.6 Å². The minimum absolute atomic E-state index is 0.00215. The first-order chi connectivity index (χ1) is 18.4. The molecule has 1 N–H and O–H groups in total. The predicted octanol–water partition coefficient (Wildman–Crippen LogP) is 2.96. The molecule has 38 heavy (non-hydrogen) atoms. The number of fused-ring (bicyclic) bond motifs is 1. The van der Waals surface area contributed by atoms with Crippen molar-refractivity contribution in [2.45, 2.75) is 18.7 Å². The van der Waals surface area contributed by atoms with Crippen LogP contribution in [-0.4, -0.2) is 68.8 Å². The highest BCUT2D eigenvalue weighted by Crippen LogP contribution is 2.32. The molecule has 4 rings (SSSR count). The number of benzene rings is 2. The lowest BCUT2D eigenvalue weighted by Crippen LogP contribution is -2.28. The predicted molar refractivity (Wildman–Crippen MR) is 139 cm³/mol. The van der Waals surface area contributed by atoms with Gasteiger partial charge in [0.15, 0.2) is 11.5 Å². The molecule has 0 spiro atoms. The Balaban J connectivity index is 1.46. The molecule has 13 heteroatoms. The first kappa shape index (κ1) is 26.9. The minimum Gasteiger partial charge on any atom is -0.497 e. The van der Waals surface area contributed by atoms with Gasteiger partial charge in [0.25, 0.3) is 0 Å². The van der Waals surface area contributed by atoms with Gasteiger partial charge >= 0.3 is 0 Å². The molecule has 0 atom stereocenters. The van der Waals surface area contributed by atoms with Crippen LogP contribution in [0.2, 0.25) is 0 Å². The van der Waals surface area contributed by atoms with E-state index in [4.69, 9.17) is 23.7 Å². The zero-order chi connectivity index (χ0) is 27.1. The van der Waals surface area contributed by atoms with Crippen molar-refractivity contribution in [3.63, 3.8) is 0 Å². The summed E-state index contributed by atoms with van der Waals surface area (Å²) in [6, 6.07) is 13.3. The fourth-order valence-corrected chi connectivity index (χ4v) is 4.78. The molecule has 4 aromatic rings. The van der Waals surface area contributed by atoms with Gasteiger partial charge in [-0.3, -0.25) is 0 Å². The minimum atomic E-state index is -3.86. The van der Waals surface area contributed by atoms with Crippen LogP contribution in [0.3, 0.4) is 0 Å². The van der Waals surface area contributed by atoms with E-state index in [9.17, 15) is 8.42 Å². The number of rotatable bonds is 13. The van der Waals surface area contributed by atoms with E-state index in [1.807, 2.05) is 6.92 Å². The molecule has 0 aliphatic heterocycles. The maximum absolute atomic E-state index is 12.9. The standard InChI is InChI=1S/C25H29N5O7S/c1-5-35-18-8-10-22(21(16-18)36-6-2)38(31,32)26-13-14-37-24-12-11-23-27-28-25(30(23)29-24)19-9-7-17(33-3)15-20(19)34-4/h7-12,15-16,26H,5-6,13-14H2,1-4H3. The number of methoxy groups -OCH3 is 2.